The van der Waals surface area contributed by atoms with Crippen LogP contribution in [-0.4, -0.2) is 5.30 Å². The van der Waals surface area contributed by atoms with Crippen LogP contribution in [0.25, 0.3) is 5.70 Å². The number of hydrogen-bond donors (Lipinski definition) is 4. The SMILES string of the molecule is C=C/C1=C(C=C)/C(N)=C(/N)c2ccccc2C(OC(=O)S)C1.CC.N. The van der Waals surface area contributed by atoms with Gasteiger partial charge in [0.2, 0.25) is 0 Å². The van der Waals surface area contributed by atoms with Crippen LogP contribution >= 0.6 is 12.6 Å². The average molecular weight is 362 g/mol. The Morgan fingerprint density at radius 1 is 1.20 bits per heavy atom. The van der Waals surface area contributed by atoms with Crippen LogP contribution in [0.4, 0.5) is 4.79 Å². The molecule has 0 heterocycles. The van der Waals surface area contributed by atoms with Gasteiger partial charge in [-0.25, -0.2) is 4.79 Å². The van der Waals surface area contributed by atoms with Crippen LogP contribution in [0.15, 0.2) is 66.4 Å². The summed E-state index contributed by atoms with van der Waals surface area (Å²) in [5, 5.41) is -0.653. The van der Waals surface area contributed by atoms with Crippen molar-refractivity contribution in [3.05, 3.63) is 77.5 Å². The van der Waals surface area contributed by atoms with E-state index in [1.807, 2.05) is 38.1 Å². The van der Waals surface area contributed by atoms with Gasteiger partial charge in [-0.3, -0.25) is 0 Å². The van der Waals surface area contributed by atoms with E-state index in [1.165, 1.54) is 0 Å². The third-order valence-corrected chi connectivity index (χ3v) is 3.73. The van der Waals surface area contributed by atoms with E-state index < -0.39 is 11.4 Å². The van der Waals surface area contributed by atoms with Crippen LogP contribution in [0.3, 0.4) is 0 Å². The molecule has 0 saturated carbocycles. The van der Waals surface area contributed by atoms with Gasteiger partial charge < -0.3 is 22.4 Å². The first kappa shape index (κ1) is 22.6. The van der Waals surface area contributed by atoms with E-state index in [4.69, 9.17) is 16.2 Å². The zero-order valence-electron chi connectivity index (χ0n) is 14.8. The van der Waals surface area contributed by atoms with Crippen molar-refractivity contribution in [3.8, 4) is 0 Å². The lowest BCUT2D eigenvalue weighted by Gasteiger charge is -2.25. The topological polar surface area (TPSA) is 113 Å². The summed E-state index contributed by atoms with van der Waals surface area (Å²) in [6.45, 7) is 11.6. The molecule has 0 aliphatic heterocycles. The first-order valence-electron chi connectivity index (χ1n) is 7.72. The van der Waals surface area contributed by atoms with Gasteiger partial charge in [-0.05, 0) is 5.57 Å². The molecule has 1 aliphatic rings. The van der Waals surface area contributed by atoms with Crippen molar-refractivity contribution in [1.29, 1.82) is 0 Å². The molecule has 0 amide bonds. The van der Waals surface area contributed by atoms with E-state index in [9.17, 15) is 4.79 Å². The van der Waals surface area contributed by atoms with Gasteiger partial charge in [0.15, 0.2) is 0 Å². The summed E-state index contributed by atoms with van der Waals surface area (Å²) in [7, 11) is 0. The van der Waals surface area contributed by atoms with E-state index in [0.717, 1.165) is 16.7 Å². The Morgan fingerprint density at radius 2 is 1.80 bits per heavy atom. The van der Waals surface area contributed by atoms with Crippen molar-refractivity contribution in [1.82, 2.24) is 6.15 Å². The van der Waals surface area contributed by atoms with Crippen LogP contribution in [0, 0.1) is 0 Å². The van der Waals surface area contributed by atoms with E-state index in [2.05, 4.69) is 25.8 Å². The molecule has 2 rings (SSSR count). The fourth-order valence-electron chi connectivity index (χ4n) is 2.57. The lowest BCUT2D eigenvalue weighted by atomic mass is 9.88. The maximum Gasteiger partial charge on any atom is 0.364 e. The van der Waals surface area contributed by atoms with Gasteiger partial charge in [0.25, 0.3) is 0 Å². The molecule has 0 radical (unpaired) electrons. The number of carbonyl (C=O) groups is 1. The standard InChI is InChI=1S/C17H18N2O2S.C2H6.H3N/c1-3-10-9-14(21-17(20)22)12-7-5-6-8-13(12)16(19)15(18)11(10)4-2;1-2;/h3-8,14H,1-2,9,18-19H2,(H,20,22);1-2H3;1H3/b11-10-,16-15-;;. The Balaban J connectivity index is 0.00000185. The van der Waals surface area contributed by atoms with E-state index in [-0.39, 0.29) is 6.15 Å². The minimum absolute atomic E-state index is 0. The summed E-state index contributed by atoms with van der Waals surface area (Å²) in [5.74, 6) is 0. The number of hydrogen-bond acceptors (Lipinski definition) is 5. The first-order chi connectivity index (χ1) is 11.5. The number of ether oxygens (including phenoxy) is 1. The van der Waals surface area contributed by atoms with Crippen molar-refractivity contribution < 1.29 is 9.53 Å². The first-order valence-corrected chi connectivity index (χ1v) is 8.16. The fraction of sp³-hybridized carbons (Fsp3) is 0.211. The van der Waals surface area contributed by atoms with Gasteiger partial charge in [0.05, 0.1) is 11.4 Å². The zero-order valence-corrected chi connectivity index (χ0v) is 15.7. The largest absolute Gasteiger partial charge is 0.449 e. The average Bonchev–Trinajstić information content (AvgIpc) is 2.60. The molecular weight excluding hydrogens is 334 g/mol. The second-order valence-corrected chi connectivity index (χ2v) is 5.20. The molecule has 25 heavy (non-hydrogen) atoms. The molecule has 1 aliphatic carbocycles. The molecule has 1 atom stereocenters. The molecule has 0 saturated heterocycles. The Hall–Kier alpha value is -2.44. The van der Waals surface area contributed by atoms with Crippen LogP contribution in [-0.2, 0) is 4.74 Å². The molecule has 136 valence electrons. The summed E-state index contributed by atoms with van der Waals surface area (Å²) in [6, 6.07) is 7.41. The Labute approximate surface area is 155 Å². The molecule has 0 aromatic heterocycles. The molecule has 7 N–H and O–H groups in total. The van der Waals surface area contributed by atoms with Crippen molar-refractivity contribution in [2.24, 2.45) is 11.5 Å². The van der Waals surface area contributed by atoms with Gasteiger partial charge in [-0.1, -0.05) is 76.1 Å². The van der Waals surface area contributed by atoms with Crippen LogP contribution in [0.5, 0.6) is 0 Å². The lowest BCUT2D eigenvalue weighted by Crippen LogP contribution is -2.18. The highest BCUT2D eigenvalue weighted by molar-refractivity contribution is 7.96. The smallest absolute Gasteiger partial charge is 0.364 e. The van der Waals surface area contributed by atoms with E-state index >= 15 is 0 Å². The second kappa shape index (κ2) is 10.4. The highest BCUT2D eigenvalue weighted by Gasteiger charge is 2.25. The number of benzene rings is 1. The molecule has 0 spiro atoms. The maximum absolute atomic E-state index is 11.3. The molecule has 1 aromatic rings. The summed E-state index contributed by atoms with van der Waals surface area (Å²) in [6.07, 6.45) is 3.20. The monoisotopic (exact) mass is 361 g/mol. The van der Waals surface area contributed by atoms with Gasteiger partial charge in [-0.15, -0.1) is 0 Å². The molecule has 1 unspecified atom stereocenters. The highest BCUT2D eigenvalue weighted by atomic mass is 32.1. The van der Waals surface area contributed by atoms with Crippen LogP contribution < -0.4 is 17.6 Å². The minimum atomic E-state index is -0.653. The van der Waals surface area contributed by atoms with Crippen LogP contribution in [0.2, 0.25) is 0 Å². The normalized spacial score (nSPS) is 22.0. The van der Waals surface area contributed by atoms with Crippen LogP contribution in [0.1, 0.15) is 37.5 Å². The van der Waals surface area contributed by atoms with Crippen molar-refractivity contribution in [3.63, 3.8) is 0 Å². The number of carbonyl (C=O) groups excluding carboxylic acids is 1. The maximum atomic E-state index is 11.3. The van der Waals surface area contributed by atoms with Crippen molar-refractivity contribution in [2.75, 3.05) is 0 Å². The molecule has 6 heteroatoms. The van der Waals surface area contributed by atoms with Gasteiger partial charge >= 0.3 is 5.30 Å². The summed E-state index contributed by atoms with van der Waals surface area (Å²) in [4.78, 5) is 11.3. The number of fused-ring (bicyclic) bond motifs is 1. The van der Waals surface area contributed by atoms with Crippen molar-refractivity contribution >= 4 is 23.6 Å². The summed E-state index contributed by atoms with van der Waals surface area (Å²) in [5.41, 5.74) is 16.3. The predicted molar refractivity (Wildman–Crippen MR) is 108 cm³/mol. The quantitative estimate of drug-likeness (QED) is 0.462. The van der Waals surface area contributed by atoms with Gasteiger partial charge in [0.1, 0.15) is 6.10 Å². The summed E-state index contributed by atoms with van der Waals surface area (Å²) < 4.78 is 5.35. The third-order valence-electron chi connectivity index (χ3n) is 3.62. The minimum Gasteiger partial charge on any atom is -0.449 e. The molecule has 0 bridgehead atoms. The predicted octanol–water partition coefficient (Wildman–Crippen LogP) is 4.64. The Kier molecular flexibility index (Phi) is 9.41. The zero-order chi connectivity index (χ0) is 18.3. The molecular formula is C19H27N3O2S. The van der Waals surface area contributed by atoms with Gasteiger partial charge in [-0.2, -0.15) is 0 Å². The number of rotatable bonds is 3. The van der Waals surface area contributed by atoms with E-state index in [0.29, 0.717) is 23.4 Å². The molecule has 1 aromatic carbocycles. The molecule has 0 fully saturated rings. The fourth-order valence-corrected chi connectivity index (χ4v) is 2.69. The second-order valence-electron chi connectivity index (χ2n) is 4.84. The van der Waals surface area contributed by atoms with Gasteiger partial charge in [0, 0.05) is 23.1 Å². The van der Waals surface area contributed by atoms with E-state index in [1.54, 1.807) is 12.2 Å². The Morgan fingerprint density at radius 3 is 2.32 bits per heavy atom. The van der Waals surface area contributed by atoms with Crippen molar-refractivity contribution in [2.45, 2.75) is 26.4 Å². The Bertz CT molecular complexity index is 708. The number of thiol groups is 1. The lowest BCUT2D eigenvalue weighted by molar-refractivity contribution is 0.123. The number of nitrogens with two attached hydrogens (primary N) is 2. The highest BCUT2D eigenvalue weighted by Crippen LogP contribution is 2.36. The third kappa shape index (κ3) is 5.01. The summed E-state index contributed by atoms with van der Waals surface area (Å²) >= 11 is 3.72. The number of allylic oxidation sites excluding steroid dienone is 2. The molecule has 5 nitrogen and oxygen atoms in total.